The zero-order valence-corrected chi connectivity index (χ0v) is 15.0. The third-order valence-corrected chi connectivity index (χ3v) is 4.92. The van der Waals surface area contributed by atoms with Crippen molar-refractivity contribution in [3.05, 3.63) is 23.8 Å². The minimum absolute atomic E-state index is 0.00434. The molecule has 24 heavy (non-hydrogen) atoms. The van der Waals surface area contributed by atoms with Crippen molar-refractivity contribution >= 4 is 6.09 Å². The number of nitrogens with zero attached hydrogens (tertiary/aromatic N) is 3. The predicted octanol–water partition coefficient (Wildman–Crippen LogP) is 2.79. The van der Waals surface area contributed by atoms with Crippen LogP contribution in [-0.4, -0.2) is 43.8 Å². The molecule has 2 aliphatic heterocycles. The standard InChI is InChI=1S/C18H27N3O3/c1-5-14-15(20-9-8-19-14)18(23)10-12-6-7-13(11-18)21(12)16(22)24-17(2,3)4/h8-9,12-13,23H,5-7,10-11H2,1-4H3. The average Bonchev–Trinajstić information content (AvgIpc) is 2.78. The van der Waals surface area contributed by atoms with Gasteiger partial charge < -0.3 is 14.7 Å². The lowest BCUT2D eigenvalue weighted by Crippen LogP contribution is -2.53. The number of fused-ring (bicyclic) bond motifs is 2. The first-order valence-electron chi connectivity index (χ1n) is 8.77. The summed E-state index contributed by atoms with van der Waals surface area (Å²) >= 11 is 0. The normalized spacial score (nSPS) is 29.6. The first-order valence-corrected chi connectivity index (χ1v) is 8.77. The summed E-state index contributed by atoms with van der Waals surface area (Å²) in [4.78, 5) is 23.2. The molecule has 6 heteroatoms. The molecule has 1 amide bonds. The fourth-order valence-corrected chi connectivity index (χ4v) is 4.05. The van der Waals surface area contributed by atoms with Gasteiger partial charge in [-0.2, -0.15) is 0 Å². The van der Waals surface area contributed by atoms with Gasteiger partial charge in [0.2, 0.25) is 0 Å². The van der Waals surface area contributed by atoms with Gasteiger partial charge in [0, 0.05) is 37.3 Å². The lowest BCUT2D eigenvalue weighted by atomic mass is 9.82. The molecule has 6 nitrogen and oxygen atoms in total. The van der Waals surface area contributed by atoms with E-state index in [0.29, 0.717) is 18.5 Å². The maximum absolute atomic E-state index is 12.5. The van der Waals surface area contributed by atoms with Gasteiger partial charge in [-0.1, -0.05) is 6.92 Å². The van der Waals surface area contributed by atoms with Gasteiger partial charge in [-0.15, -0.1) is 0 Å². The van der Waals surface area contributed by atoms with Gasteiger partial charge in [-0.25, -0.2) is 4.79 Å². The Morgan fingerprint density at radius 2 is 1.88 bits per heavy atom. The summed E-state index contributed by atoms with van der Waals surface area (Å²) in [5.74, 6) is 0. The van der Waals surface area contributed by atoms with E-state index in [-0.39, 0.29) is 18.2 Å². The van der Waals surface area contributed by atoms with Gasteiger partial charge in [-0.05, 0) is 40.0 Å². The van der Waals surface area contributed by atoms with E-state index in [2.05, 4.69) is 9.97 Å². The number of piperidine rings is 1. The van der Waals surface area contributed by atoms with Crippen LogP contribution >= 0.6 is 0 Å². The number of aryl methyl sites for hydroxylation is 1. The van der Waals surface area contributed by atoms with Crippen LogP contribution in [0.3, 0.4) is 0 Å². The summed E-state index contributed by atoms with van der Waals surface area (Å²) in [6.07, 6.45) is 6.54. The summed E-state index contributed by atoms with van der Waals surface area (Å²) in [5.41, 5.74) is -0.00697. The Hall–Kier alpha value is -1.69. The van der Waals surface area contributed by atoms with Gasteiger partial charge in [-0.3, -0.25) is 9.97 Å². The molecule has 1 N–H and O–H groups in total. The third kappa shape index (κ3) is 3.11. The highest BCUT2D eigenvalue weighted by molar-refractivity contribution is 5.69. The number of amides is 1. The minimum atomic E-state index is -1.01. The zero-order valence-electron chi connectivity index (χ0n) is 15.0. The second-order valence-electron chi connectivity index (χ2n) is 7.92. The minimum Gasteiger partial charge on any atom is -0.444 e. The maximum atomic E-state index is 12.5. The van der Waals surface area contributed by atoms with E-state index in [4.69, 9.17) is 4.74 Å². The number of aliphatic hydroxyl groups is 1. The molecule has 3 heterocycles. The zero-order chi connectivity index (χ0) is 17.5. The van der Waals surface area contributed by atoms with Crippen molar-refractivity contribution in [3.63, 3.8) is 0 Å². The number of hydrogen-bond acceptors (Lipinski definition) is 5. The van der Waals surface area contributed by atoms with Gasteiger partial charge in [0.1, 0.15) is 11.2 Å². The van der Waals surface area contributed by atoms with Gasteiger partial charge in [0.05, 0.1) is 11.4 Å². The summed E-state index contributed by atoms with van der Waals surface area (Å²) in [6, 6.07) is -0.00868. The Bertz CT molecular complexity index is 612. The smallest absolute Gasteiger partial charge is 0.410 e. The van der Waals surface area contributed by atoms with Crippen molar-refractivity contribution in [2.75, 3.05) is 0 Å². The highest BCUT2D eigenvalue weighted by Crippen LogP contribution is 2.46. The van der Waals surface area contributed by atoms with E-state index in [0.717, 1.165) is 25.0 Å². The van der Waals surface area contributed by atoms with E-state index in [1.165, 1.54) is 0 Å². The molecule has 132 valence electrons. The summed E-state index contributed by atoms with van der Waals surface area (Å²) in [6.45, 7) is 7.64. The number of aromatic nitrogens is 2. The van der Waals surface area contributed by atoms with Crippen molar-refractivity contribution in [3.8, 4) is 0 Å². The molecule has 1 aromatic rings. The molecule has 2 unspecified atom stereocenters. The Labute approximate surface area is 143 Å². The van der Waals surface area contributed by atoms with Crippen LogP contribution < -0.4 is 0 Å². The second kappa shape index (κ2) is 5.99. The number of ether oxygens (including phenoxy) is 1. The van der Waals surface area contributed by atoms with Crippen LogP contribution in [0.25, 0.3) is 0 Å². The Balaban J connectivity index is 1.83. The van der Waals surface area contributed by atoms with Crippen LogP contribution in [0.15, 0.2) is 12.4 Å². The molecule has 0 aliphatic carbocycles. The van der Waals surface area contributed by atoms with Crippen LogP contribution in [0.5, 0.6) is 0 Å². The Kier molecular flexibility index (Phi) is 4.28. The van der Waals surface area contributed by atoms with Crippen LogP contribution in [0.4, 0.5) is 4.79 Å². The monoisotopic (exact) mass is 333 g/mol. The predicted molar refractivity (Wildman–Crippen MR) is 89.4 cm³/mol. The second-order valence-corrected chi connectivity index (χ2v) is 7.92. The molecule has 0 spiro atoms. The Morgan fingerprint density at radius 1 is 1.29 bits per heavy atom. The molecule has 1 aromatic heterocycles. The van der Waals surface area contributed by atoms with E-state index >= 15 is 0 Å². The number of rotatable bonds is 2. The molecular weight excluding hydrogens is 306 g/mol. The number of hydrogen-bond donors (Lipinski definition) is 1. The highest BCUT2D eigenvalue weighted by atomic mass is 16.6. The quantitative estimate of drug-likeness (QED) is 0.900. The number of carbonyl (C=O) groups excluding carboxylic acids is 1. The molecule has 2 aliphatic rings. The summed E-state index contributed by atoms with van der Waals surface area (Å²) in [5, 5.41) is 11.3. The molecule has 0 saturated carbocycles. The van der Waals surface area contributed by atoms with Crippen molar-refractivity contribution in [1.82, 2.24) is 14.9 Å². The molecule has 2 bridgehead atoms. The SMILES string of the molecule is CCc1nccnc1C1(O)CC2CCC(C1)N2C(=O)OC(C)(C)C. The first-order chi connectivity index (χ1) is 11.2. The summed E-state index contributed by atoms with van der Waals surface area (Å²) < 4.78 is 5.55. The largest absolute Gasteiger partial charge is 0.444 e. The van der Waals surface area contributed by atoms with Gasteiger partial charge >= 0.3 is 6.09 Å². The topological polar surface area (TPSA) is 75.6 Å². The maximum Gasteiger partial charge on any atom is 0.410 e. The van der Waals surface area contributed by atoms with E-state index in [1.54, 1.807) is 12.4 Å². The van der Waals surface area contributed by atoms with Crippen LogP contribution in [0.2, 0.25) is 0 Å². The molecule has 0 aromatic carbocycles. The molecular formula is C18H27N3O3. The first kappa shape index (κ1) is 17.1. The summed E-state index contributed by atoms with van der Waals surface area (Å²) in [7, 11) is 0. The lowest BCUT2D eigenvalue weighted by Gasteiger charge is -2.43. The van der Waals surface area contributed by atoms with E-state index < -0.39 is 11.2 Å². The van der Waals surface area contributed by atoms with Crippen LogP contribution in [0, 0.1) is 0 Å². The fourth-order valence-electron chi connectivity index (χ4n) is 4.05. The van der Waals surface area contributed by atoms with Gasteiger partial charge in [0.15, 0.2) is 0 Å². The molecule has 2 fully saturated rings. The fraction of sp³-hybridized carbons (Fsp3) is 0.722. The van der Waals surface area contributed by atoms with Crippen molar-refractivity contribution < 1.29 is 14.6 Å². The highest BCUT2D eigenvalue weighted by Gasteiger charge is 2.52. The van der Waals surface area contributed by atoms with Crippen molar-refractivity contribution in [2.45, 2.75) is 83.1 Å². The van der Waals surface area contributed by atoms with E-state index in [1.807, 2.05) is 32.6 Å². The molecule has 2 atom stereocenters. The van der Waals surface area contributed by atoms with Crippen molar-refractivity contribution in [2.24, 2.45) is 0 Å². The van der Waals surface area contributed by atoms with Gasteiger partial charge in [0.25, 0.3) is 0 Å². The van der Waals surface area contributed by atoms with Crippen molar-refractivity contribution in [1.29, 1.82) is 0 Å². The molecule has 2 saturated heterocycles. The number of carbonyl (C=O) groups is 1. The average molecular weight is 333 g/mol. The third-order valence-electron chi connectivity index (χ3n) is 4.92. The lowest BCUT2D eigenvalue weighted by molar-refractivity contribution is -0.0653. The van der Waals surface area contributed by atoms with Crippen LogP contribution in [0.1, 0.15) is 64.8 Å². The van der Waals surface area contributed by atoms with Crippen LogP contribution in [-0.2, 0) is 16.8 Å². The van der Waals surface area contributed by atoms with E-state index in [9.17, 15) is 9.90 Å². The Morgan fingerprint density at radius 3 is 2.42 bits per heavy atom. The molecule has 3 rings (SSSR count). The molecule has 0 radical (unpaired) electrons.